The number of hydrogen-bond acceptors (Lipinski definition) is 2. The Morgan fingerprint density at radius 1 is 0.800 bits per heavy atom. The number of aromatic nitrogens is 2. The van der Waals surface area contributed by atoms with Gasteiger partial charge in [-0.25, -0.2) is 9.13 Å². The van der Waals surface area contributed by atoms with Crippen LogP contribution in [0, 0.1) is 0 Å². The van der Waals surface area contributed by atoms with Crippen LogP contribution in [-0.2, 0) is 22.4 Å². The summed E-state index contributed by atoms with van der Waals surface area (Å²) < 4.78 is 26.6. The maximum absolute atomic E-state index is 14.1. The van der Waals surface area contributed by atoms with Gasteiger partial charge in [0.1, 0.15) is 12.4 Å². The van der Waals surface area contributed by atoms with Crippen LogP contribution in [0.15, 0.2) is 79.4 Å². The molecule has 218 valence electrons. The molecule has 0 aliphatic heterocycles. The predicted molar refractivity (Wildman–Crippen MR) is 168 cm³/mol. The molecule has 1 heterocycles. The second kappa shape index (κ2) is 18.7. The molecule has 0 spiro atoms. The molecule has 0 fully saturated rings. The van der Waals surface area contributed by atoms with Gasteiger partial charge in [0.25, 0.3) is 0 Å². The van der Waals surface area contributed by atoms with Gasteiger partial charge in [-0.2, -0.15) is 0 Å². The average molecular weight is 566 g/mol. The number of nitrogens with zero attached hydrogens (tertiary/aromatic N) is 2. The number of aryl methyl sites for hydroxylation is 2. The number of imidazole rings is 1. The van der Waals surface area contributed by atoms with Gasteiger partial charge in [0.05, 0.1) is 20.6 Å². The molecule has 6 heteroatoms. The highest BCUT2D eigenvalue weighted by molar-refractivity contribution is 7.79. The van der Waals surface area contributed by atoms with Crippen molar-refractivity contribution < 1.29 is 15.3 Å². The van der Waals surface area contributed by atoms with E-state index in [1.165, 1.54) is 64.2 Å². The zero-order chi connectivity index (χ0) is 29.2. The lowest BCUT2D eigenvalue weighted by Crippen LogP contribution is -2.32. The Morgan fingerprint density at radius 3 is 1.88 bits per heavy atom. The van der Waals surface area contributed by atoms with Crippen molar-refractivity contribution in [1.29, 1.82) is 0 Å². The normalized spacial score (nSPS) is 12.7. The van der Waals surface area contributed by atoms with Crippen molar-refractivity contribution in [3.63, 3.8) is 0 Å². The number of carbonyl (C=O) groups is 1. The van der Waals surface area contributed by atoms with Crippen LogP contribution >= 0.6 is 7.14 Å². The van der Waals surface area contributed by atoms with Crippen LogP contribution in [0.3, 0.4) is 0 Å². The third kappa shape index (κ3) is 11.5. The molecule has 0 aliphatic rings. The van der Waals surface area contributed by atoms with E-state index in [0.29, 0.717) is 17.2 Å². The van der Waals surface area contributed by atoms with Crippen LogP contribution in [-0.4, -0.2) is 23.2 Å². The van der Waals surface area contributed by atoms with E-state index < -0.39 is 7.14 Å². The molecule has 1 aromatic heterocycles. The molecule has 5 nitrogen and oxygen atoms in total. The summed E-state index contributed by atoms with van der Waals surface area (Å²) in [6.45, 7) is 3.29. The predicted octanol–water partition coefficient (Wildman–Crippen LogP) is 7.00. The fraction of sp³-hybridized carbons (Fsp3) is 0.529. The second-order valence-corrected chi connectivity index (χ2v) is 13.7. The minimum atomic E-state index is -3.06. The Hall–Kier alpha value is -2.65. The Balaban J connectivity index is 1.32. The van der Waals surface area contributed by atoms with Gasteiger partial charge in [-0.05, 0) is 12.8 Å². The summed E-state index contributed by atoms with van der Waals surface area (Å²) in [4.78, 5) is 12.8. The smallest absolute Gasteiger partial charge is 0.243 e. The van der Waals surface area contributed by atoms with Crippen molar-refractivity contribution in [2.45, 2.75) is 103 Å². The number of hydrogen-bond donors (Lipinski definition) is 1. The van der Waals surface area contributed by atoms with Crippen LogP contribution in [0.2, 0.25) is 0 Å². The highest BCUT2D eigenvalue weighted by atomic mass is 31.2. The SMILES string of the molecule is [2H]C(CCCCCCCCCCCCC)[n+]1ccn(CCCNC(=O)CP(=O)(c2ccccc2)c2ccccc2)c1. The van der Waals surface area contributed by atoms with Crippen molar-refractivity contribution in [3.8, 4) is 0 Å². The van der Waals surface area contributed by atoms with E-state index in [9.17, 15) is 9.36 Å². The monoisotopic (exact) mass is 565 g/mol. The number of rotatable bonds is 21. The van der Waals surface area contributed by atoms with Gasteiger partial charge >= 0.3 is 0 Å². The van der Waals surface area contributed by atoms with E-state index in [1.54, 1.807) is 0 Å². The number of nitrogens with one attached hydrogen (secondary N) is 1. The molecule has 0 saturated carbocycles. The van der Waals surface area contributed by atoms with Gasteiger partial charge in [-0.1, -0.05) is 132 Å². The molecule has 1 unspecified atom stereocenters. The molecular weight excluding hydrogens is 513 g/mol. The maximum atomic E-state index is 14.1. The van der Waals surface area contributed by atoms with Crippen LogP contribution < -0.4 is 20.5 Å². The zero-order valence-corrected chi connectivity index (χ0v) is 25.4. The van der Waals surface area contributed by atoms with Crippen molar-refractivity contribution in [2.75, 3.05) is 12.7 Å². The average Bonchev–Trinajstić information content (AvgIpc) is 3.48. The van der Waals surface area contributed by atoms with Crippen molar-refractivity contribution in [2.24, 2.45) is 0 Å². The van der Waals surface area contributed by atoms with E-state index in [1.807, 2.05) is 84.0 Å². The Labute approximate surface area is 244 Å². The number of unbranched alkanes of at least 4 members (excludes halogenated alkanes) is 10. The minimum absolute atomic E-state index is 0.0376. The third-order valence-corrected chi connectivity index (χ3v) is 10.5. The molecule has 0 saturated heterocycles. The van der Waals surface area contributed by atoms with Gasteiger partial charge < -0.3 is 9.88 Å². The first-order valence-electron chi connectivity index (χ1n) is 16.1. The summed E-state index contributed by atoms with van der Waals surface area (Å²) in [5, 5.41) is 4.38. The third-order valence-electron chi connectivity index (χ3n) is 7.49. The molecule has 0 bridgehead atoms. The van der Waals surface area contributed by atoms with Gasteiger partial charge in [0.15, 0.2) is 7.14 Å². The molecule has 1 atom stereocenters. The molecule has 40 heavy (non-hydrogen) atoms. The molecule has 0 radical (unpaired) electrons. The van der Waals surface area contributed by atoms with E-state index in [-0.39, 0.29) is 18.6 Å². The summed E-state index contributed by atoms with van der Waals surface area (Å²) in [6.07, 6.45) is 22.1. The quantitative estimate of drug-likeness (QED) is 0.0859. The lowest BCUT2D eigenvalue weighted by Gasteiger charge is -2.19. The van der Waals surface area contributed by atoms with Crippen LogP contribution in [0.4, 0.5) is 0 Å². The summed E-state index contributed by atoms with van der Waals surface area (Å²) in [7, 11) is -3.06. The molecule has 3 rings (SSSR count). The zero-order valence-electron chi connectivity index (χ0n) is 25.6. The summed E-state index contributed by atoms with van der Waals surface area (Å²) >= 11 is 0. The Kier molecular flexibility index (Phi) is 14.1. The molecule has 1 N–H and O–H groups in total. The first-order chi connectivity index (χ1) is 20.0. The Bertz CT molecular complexity index is 1130. The van der Waals surface area contributed by atoms with E-state index in [2.05, 4.69) is 16.8 Å². The fourth-order valence-corrected chi connectivity index (χ4v) is 7.60. The summed E-state index contributed by atoms with van der Waals surface area (Å²) in [5.74, 6) is -0.193. The van der Waals surface area contributed by atoms with E-state index in [0.717, 1.165) is 25.8 Å². The van der Waals surface area contributed by atoms with Crippen molar-refractivity contribution in [3.05, 3.63) is 79.4 Å². The standard InChI is InChI=1S/C34H50N3O2P/c1-2-3-4-5-6-7-8-9-10-11-12-19-26-36-28-29-37(31-36)27-20-25-35-34(38)30-40(39,32-21-15-13-16-22-32)33-23-17-14-18-24-33/h13-18,21-24,28-29,31H,2-12,19-20,25-27,30H2,1H3/p+1/i26D. The topological polar surface area (TPSA) is 55.0 Å². The van der Waals surface area contributed by atoms with Crippen molar-refractivity contribution >= 4 is 23.7 Å². The second-order valence-electron chi connectivity index (χ2n) is 10.9. The number of benzene rings is 2. The van der Waals surface area contributed by atoms with E-state index in [4.69, 9.17) is 1.37 Å². The first kappa shape index (κ1) is 30.3. The van der Waals surface area contributed by atoms with Crippen molar-refractivity contribution in [1.82, 2.24) is 9.88 Å². The molecule has 0 aliphatic carbocycles. The van der Waals surface area contributed by atoms with Crippen LogP contribution in [0.25, 0.3) is 0 Å². The molecular formula is C34H51N3O2P+. The summed E-state index contributed by atoms with van der Waals surface area (Å²) in [5.41, 5.74) is 0. The number of carbonyl (C=O) groups excluding carboxylic acids is 1. The molecule has 3 aromatic rings. The van der Waals surface area contributed by atoms with Crippen LogP contribution in [0.1, 0.15) is 91.8 Å². The molecule has 1 amide bonds. The highest BCUT2D eigenvalue weighted by Crippen LogP contribution is 2.42. The fourth-order valence-electron chi connectivity index (χ4n) is 5.12. The van der Waals surface area contributed by atoms with Gasteiger partial charge in [0.2, 0.25) is 12.2 Å². The minimum Gasteiger partial charge on any atom is -0.356 e. The van der Waals surface area contributed by atoms with E-state index >= 15 is 0 Å². The van der Waals surface area contributed by atoms with Gasteiger partial charge in [0, 0.05) is 23.6 Å². The summed E-state index contributed by atoms with van der Waals surface area (Å²) in [6, 6.07) is 18.6. The number of amides is 1. The lowest BCUT2D eigenvalue weighted by atomic mass is 10.1. The van der Waals surface area contributed by atoms with Gasteiger partial charge in [-0.15, -0.1) is 0 Å². The lowest BCUT2D eigenvalue weighted by molar-refractivity contribution is -0.696. The van der Waals surface area contributed by atoms with Gasteiger partial charge in [-0.3, -0.25) is 4.79 Å². The highest BCUT2D eigenvalue weighted by Gasteiger charge is 2.29. The Morgan fingerprint density at radius 2 is 1.32 bits per heavy atom. The van der Waals surface area contributed by atoms with Crippen LogP contribution in [0.5, 0.6) is 0 Å². The molecule has 2 aromatic carbocycles. The first-order valence-corrected chi connectivity index (χ1v) is 17.4. The largest absolute Gasteiger partial charge is 0.356 e. The maximum Gasteiger partial charge on any atom is 0.243 e.